The molecule has 0 bridgehead atoms. The minimum Gasteiger partial charge on any atom is -0.450 e. The second kappa shape index (κ2) is 10.4. The zero-order valence-corrected chi connectivity index (χ0v) is 17.9. The van der Waals surface area contributed by atoms with Crippen LogP contribution in [-0.2, 0) is 25.2 Å². The highest BCUT2D eigenvalue weighted by molar-refractivity contribution is 7.97. The predicted octanol–water partition coefficient (Wildman–Crippen LogP) is 5.43. The monoisotopic (exact) mass is 461 g/mol. The van der Waals surface area contributed by atoms with Gasteiger partial charge < -0.3 is 9.47 Å². The number of hydrogen-bond acceptors (Lipinski definition) is 4. The van der Waals surface area contributed by atoms with E-state index in [2.05, 4.69) is 4.74 Å². The SMILES string of the molecule is CC(OC(=O)COC(=O)c1ccc([S+](c2ccccc2)c2ccccc2)cc1)C(F)(F)F. The van der Waals surface area contributed by atoms with Gasteiger partial charge in [0.1, 0.15) is 0 Å². The molecule has 0 aromatic heterocycles. The second-order valence-electron chi connectivity index (χ2n) is 6.71. The average molecular weight is 461 g/mol. The van der Waals surface area contributed by atoms with Crippen LogP contribution in [0.2, 0.25) is 0 Å². The van der Waals surface area contributed by atoms with Crippen molar-refractivity contribution in [3.63, 3.8) is 0 Å². The predicted molar refractivity (Wildman–Crippen MR) is 113 cm³/mol. The van der Waals surface area contributed by atoms with Crippen LogP contribution in [0, 0.1) is 0 Å². The van der Waals surface area contributed by atoms with Crippen molar-refractivity contribution in [3.8, 4) is 0 Å². The maximum atomic E-state index is 12.4. The molecule has 3 aromatic rings. The van der Waals surface area contributed by atoms with Crippen molar-refractivity contribution in [2.24, 2.45) is 0 Å². The highest BCUT2D eigenvalue weighted by atomic mass is 32.2. The van der Waals surface area contributed by atoms with E-state index in [4.69, 9.17) is 4.74 Å². The molecule has 3 rings (SSSR count). The van der Waals surface area contributed by atoms with Crippen LogP contribution in [0.15, 0.2) is 99.6 Å². The number of rotatable bonds is 7. The third kappa shape index (κ3) is 6.13. The highest BCUT2D eigenvalue weighted by Crippen LogP contribution is 2.31. The van der Waals surface area contributed by atoms with Crippen LogP contribution in [0.5, 0.6) is 0 Å². The van der Waals surface area contributed by atoms with Crippen LogP contribution in [0.4, 0.5) is 13.2 Å². The first-order valence-electron chi connectivity index (χ1n) is 9.63. The van der Waals surface area contributed by atoms with Gasteiger partial charge in [-0.1, -0.05) is 36.4 Å². The first-order chi connectivity index (χ1) is 15.3. The molecule has 32 heavy (non-hydrogen) atoms. The summed E-state index contributed by atoms with van der Waals surface area (Å²) >= 11 is 0. The molecule has 0 radical (unpaired) electrons. The fourth-order valence-corrected chi connectivity index (χ4v) is 4.84. The molecule has 166 valence electrons. The number of carbonyl (C=O) groups is 2. The zero-order chi connectivity index (χ0) is 23.1. The third-order valence-corrected chi connectivity index (χ3v) is 6.60. The Morgan fingerprint density at radius 2 is 1.28 bits per heavy atom. The number of carbonyl (C=O) groups excluding carboxylic acids is 2. The number of alkyl halides is 3. The summed E-state index contributed by atoms with van der Waals surface area (Å²) < 4.78 is 46.3. The van der Waals surface area contributed by atoms with Crippen LogP contribution in [0.3, 0.4) is 0 Å². The summed E-state index contributed by atoms with van der Waals surface area (Å²) in [6.45, 7) is -0.200. The molecule has 1 atom stereocenters. The molecule has 0 fully saturated rings. The van der Waals surface area contributed by atoms with Crippen molar-refractivity contribution in [2.45, 2.75) is 33.9 Å². The Labute approximate surface area is 186 Å². The highest BCUT2D eigenvalue weighted by Gasteiger charge is 2.39. The van der Waals surface area contributed by atoms with Gasteiger partial charge in [0.2, 0.25) is 0 Å². The van der Waals surface area contributed by atoms with Crippen LogP contribution in [0.1, 0.15) is 17.3 Å². The fraction of sp³-hybridized carbons (Fsp3) is 0.167. The molecule has 0 N–H and O–H groups in total. The van der Waals surface area contributed by atoms with E-state index in [1.807, 2.05) is 60.7 Å². The van der Waals surface area contributed by atoms with Gasteiger partial charge in [0.15, 0.2) is 27.4 Å². The van der Waals surface area contributed by atoms with E-state index in [9.17, 15) is 22.8 Å². The fourth-order valence-electron chi connectivity index (χ4n) is 2.75. The Morgan fingerprint density at radius 3 is 1.75 bits per heavy atom. The van der Waals surface area contributed by atoms with Gasteiger partial charge in [-0.2, -0.15) is 13.2 Å². The van der Waals surface area contributed by atoms with E-state index in [0.29, 0.717) is 6.92 Å². The minimum atomic E-state index is -4.68. The summed E-state index contributed by atoms with van der Waals surface area (Å²) in [5.74, 6) is -2.10. The molecule has 0 saturated heterocycles. The smallest absolute Gasteiger partial charge is 0.425 e. The van der Waals surface area contributed by atoms with Gasteiger partial charge >= 0.3 is 18.1 Å². The molecule has 0 aliphatic carbocycles. The van der Waals surface area contributed by atoms with Crippen molar-refractivity contribution >= 4 is 22.8 Å². The van der Waals surface area contributed by atoms with Crippen LogP contribution < -0.4 is 0 Å². The lowest BCUT2D eigenvalue weighted by atomic mass is 10.2. The van der Waals surface area contributed by atoms with Gasteiger partial charge in [0.25, 0.3) is 0 Å². The molecule has 0 spiro atoms. The second-order valence-corrected chi connectivity index (χ2v) is 8.73. The van der Waals surface area contributed by atoms with E-state index in [-0.39, 0.29) is 5.56 Å². The van der Waals surface area contributed by atoms with E-state index in [1.165, 1.54) is 0 Å². The van der Waals surface area contributed by atoms with E-state index in [0.717, 1.165) is 14.7 Å². The van der Waals surface area contributed by atoms with Crippen molar-refractivity contribution < 1.29 is 32.2 Å². The van der Waals surface area contributed by atoms with Crippen molar-refractivity contribution in [1.82, 2.24) is 0 Å². The van der Waals surface area contributed by atoms with Crippen molar-refractivity contribution in [2.75, 3.05) is 6.61 Å². The number of hydrogen-bond donors (Lipinski definition) is 0. The summed E-state index contributed by atoms with van der Waals surface area (Å²) in [7, 11) is -0.395. The minimum absolute atomic E-state index is 0.176. The number of benzene rings is 3. The van der Waals surface area contributed by atoms with Crippen molar-refractivity contribution in [1.29, 1.82) is 0 Å². The molecule has 0 heterocycles. The maximum Gasteiger partial charge on any atom is 0.425 e. The quantitative estimate of drug-likeness (QED) is 0.348. The van der Waals surface area contributed by atoms with Crippen LogP contribution in [0.25, 0.3) is 0 Å². The van der Waals surface area contributed by atoms with Gasteiger partial charge in [0, 0.05) is 0 Å². The van der Waals surface area contributed by atoms with Gasteiger partial charge in [0.05, 0.1) is 16.5 Å². The molecular formula is C24H20F3O4S+. The maximum absolute atomic E-state index is 12.4. The number of halogens is 3. The first-order valence-corrected chi connectivity index (χ1v) is 10.9. The van der Waals surface area contributed by atoms with Gasteiger partial charge in [-0.15, -0.1) is 0 Å². The lowest BCUT2D eigenvalue weighted by Crippen LogP contribution is -2.32. The lowest BCUT2D eigenvalue weighted by molar-refractivity contribution is -0.217. The van der Waals surface area contributed by atoms with Gasteiger partial charge in [-0.25, -0.2) is 9.59 Å². The molecule has 1 unspecified atom stereocenters. The Kier molecular flexibility index (Phi) is 7.58. The largest absolute Gasteiger partial charge is 0.450 e. The number of esters is 2. The van der Waals surface area contributed by atoms with E-state index < -0.39 is 41.7 Å². The first kappa shape index (κ1) is 23.4. The molecule has 3 aromatic carbocycles. The summed E-state index contributed by atoms with van der Waals surface area (Å²) in [4.78, 5) is 26.9. The Morgan fingerprint density at radius 1 is 0.812 bits per heavy atom. The average Bonchev–Trinajstić information content (AvgIpc) is 2.79. The van der Waals surface area contributed by atoms with Gasteiger partial charge in [-0.05, 0) is 55.5 Å². The van der Waals surface area contributed by atoms with E-state index >= 15 is 0 Å². The lowest BCUT2D eigenvalue weighted by Gasteiger charge is -2.16. The molecule has 0 aliphatic rings. The summed E-state index contributed by atoms with van der Waals surface area (Å²) in [6.07, 6.45) is -6.95. The molecular weight excluding hydrogens is 441 g/mol. The Bertz CT molecular complexity index is 999. The normalized spacial score (nSPS) is 12.3. The molecule has 0 amide bonds. The zero-order valence-electron chi connectivity index (χ0n) is 17.0. The summed E-state index contributed by atoms with van der Waals surface area (Å²) in [6, 6.07) is 26.6. The number of ether oxygens (including phenoxy) is 2. The molecule has 8 heteroatoms. The molecule has 0 aliphatic heterocycles. The van der Waals surface area contributed by atoms with Gasteiger partial charge in [-0.3, -0.25) is 0 Å². The summed E-state index contributed by atoms with van der Waals surface area (Å²) in [5, 5.41) is 0. The Balaban J connectivity index is 1.70. The van der Waals surface area contributed by atoms with Crippen LogP contribution >= 0.6 is 0 Å². The summed E-state index contributed by atoms with van der Waals surface area (Å²) in [5.41, 5.74) is 0.176. The van der Waals surface area contributed by atoms with Crippen LogP contribution in [-0.4, -0.2) is 30.8 Å². The Hall–Kier alpha value is -3.26. The topological polar surface area (TPSA) is 52.6 Å². The van der Waals surface area contributed by atoms with E-state index in [1.54, 1.807) is 24.3 Å². The standard InChI is InChI=1S/C24H20F3O4S/c1-17(24(25,26)27)31-22(28)16-30-23(29)18-12-14-21(15-13-18)32(19-8-4-2-5-9-19)20-10-6-3-7-11-20/h2-15,17H,16H2,1H3/q+1. The molecule has 4 nitrogen and oxygen atoms in total. The molecule has 0 saturated carbocycles. The third-order valence-electron chi connectivity index (χ3n) is 4.37. The van der Waals surface area contributed by atoms with Crippen molar-refractivity contribution in [3.05, 3.63) is 90.5 Å².